The van der Waals surface area contributed by atoms with Gasteiger partial charge in [0.05, 0.1) is 0 Å². The molecule has 0 aliphatic heterocycles. The molecule has 0 aliphatic carbocycles. The van der Waals surface area contributed by atoms with Crippen LogP contribution in [-0.2, 0) is 5.41 Å². The Morgan fingerprint density at radius 2 is 1.65 bits per heavy atom. The summed E-state index contributed by atoms with van der Waals surface area (Å²) in [6, 6.07) is 8.14. The second-order valence-corrected chi connectivity index (χ2v) is 7.35. The number of rotatable bonds is 6. The van der Waals surface area contributed by atoms with Crippen LogP contribution in [0.5, 0.6) is 5.75 Å². The lowest BCUT2D eigenvalue weighted by molar-refractivity contribution is 0.114. The van der Waals surface area contributed by atoms with Gasteiger partial charge in [-0.05, 0) is 34.9 Å². The van der Waals surface area contributed by atoms with E-state index in [1.54, 1.807) is 0 Å². The summed E-state index contributed by atoms with van der Waals surface area (Å²) < 4.78 is 5.50. The highest BCUT2D eigenvalue weighted by Crippen LogP contribution is 2.36. The zero-order valence-electron chi connectivity index (χ0n) is 13.4. The van der Waals surface area contributed by atoms with Gasteiger partial charge in [-0.15, -0.1) is 0 Å². The number of aliphatic hydroxyl groups excluding tert-OH is 1. The normalized spacial score (nSPS) is 14.2. The summed E-state index contributed by atoms with van der Waals surface area (Å²) in [5.74, 6) is 0.771. The highest BCUT2D eigenvalue weighted by molar-refractivity contribution is 5.31. The highest BCUT2D eigenvalue weighted by Gasteiger charge is 2.27. The zero-order valence-corrected chi connectivity index (χ0v) is 13.4. The van der Waals surface area contributed by atoms with E-state index in [1.807, 2.05) is 12.1 Å². The standard InChI is InChI=1S/C17H29NO2/c1-16(2,3)12-17(4,5)13-6-8-15(9-7-13)20-11-14(19)10-18/h6-9,14,19H,10-12,18H2,1-5H3. The Balaban J connectivity index is 2.70. The lowest BCUT2D eigenvalue weighted by Gasteiger charge is -2.33. The van der Waals surface area contributed by atoms with Crippen LogP contribution in [0.2, 0.25) is 0 Å². The Bertz CT molecular complexity index is 404. The molecule has 0 aliphatic rings. The van der Waals surface area contributed by atoms with E-state index in [2.05, 4.69) is 46.8 Å². The van der Waals surface area contributed by atoms with Crippen LogP contribution < -0.4 is 10.5 Å². The van der Waals surface area contributed by atoms with E-state index in [0.717, 1.165) is 12.2 Å². The molecule has 1 aromatic carbocycles. The molecule has 0 amide bonds. The average Bonchev–Trinajstić information content (AvgIpc) is 2.33. The quantitative estimate of drug-likeness (QED) is 0.841. The van der Waals surface area contributed by atoms with Gasteiger partial charge in [0.2, 0.25) is 0 Å². The van der Waals surface area contributed by atoms with Crippen LogP contribution in [-0.4, -0.2) is 24.4 Å². The average molecular weight is 279 g/mol. The van der Waals surface area contributed by atoms with Crippen molar-refractivity contribution in [2.45, 2.75) is 52.6 Å². The topological polar surface area (TPSA) is 55.5 Å². The van der Waals surface area contributed by atoms with Crippen LogP contribution in [0.15, 0.2) is 24.3 Å². The fourth-order valence-electron chi connectivity index (χ4n) is 2.69. The Labute approximate surface area is 123 Å². The number of nitrogens with two attached hydrogens (primary N) is 1. The molecule has 0 saturated carbocycles. The molecular formula is C17H29NO2. The molecule has 20 heavy (non-hydrogen) atoms. The molecule has 3 nitrogen and oxygen atoms in total. The molecule has 114 valence electrons. The molecule has 0 heterocycles. The third-order valence-corrected chi connectivity index (χ3v) is 3.32. The van der Waals surface area contributed by atoms with Gasteiger partial charge in [0.15, 0.2) is 0 Å². The first-order chi connectivity index (χ1) is 9.14. The molecule has 0 radical (unpaired) electrons. The molecule has 0 fully saturated rings. The fraction of sp³-hybridized carbons (Fsp3) is 0.647. The molecule has 1 aromatic rings. The first kappa shape index (κ1) is 17.0. The van der Waals surface area contributed by atoms with E-state index < -0.39 is 6.10 Å². The summed E-state index contributed by atoms with van der Waals surface area (Å²) in [6.45, 7) is 11.8. The van der Waals surface area contributed by atoms with Crippen LogP contribution >= 0.6 is 0 Å². The molecular weight excluding hydrogens is 250 g/mol. The summed E-state index contributed by atoms with van der Waals surface area (Å²) in [5, 5.41) is 9.38. The molecule has 0 bridgehead atoms. The van der Waals surface area contributed by atoms with Crippen LogP contribution in [0.25, 0.3) is 0 Å². The second-order valence-electron chi connectivity index (χ2n) is 7.35. The summed E-state index contributed by atoms with van der Waals surface area (Å²) >= 11 is 0. The number of ether oxygens (including phenoxy) is 1. The van der Waals surface area contributed by atoms with Crippen molar-refractivity contribution in [3.63, 3.8) is 0 Å². The SMILES string of the molecule is CC(C)(C)CC(C)(C)c1ccc(OCC(O)CN)cc1. The molecule has 0 spiro atoms. The zero-order chi connectivity index (χ0) is 15.4. The van der Waals surface area contributed by atoms with Crippen molar-refractivity contribution in [3.05, 3.63) is 29.8 Å². The van der Waals surface area contributed by atoms with Crippen LogP contribution in [0, 0.1) is 5.41 Å². The number of aliphatic hydroxyl groups is 1. The third-order valence-electron chi connectivity index (χ3n) is 3.32. The van der Waals surface area contributed by atoms with Crippen molar-refractivity contribution in [1.29, 1.82) is 0 Å². The minimum Gasteiger partial charge on any atom is -0.491 e. The molecule has 0 aromatic heterocycles. The van der Waals surface area contributed by atoms with Crippen LogP contribution in [0.4, 0.5) is 0 Å². The number of benzene rings is 1. The van der Waals surface area contributed by atoms with Gasteiger partial charge < -0.3 is 15.6 Å². The smallest absolute Gasteiger partial charge is 0.119 e. The van der Waals surface area contributed by atoms with Crippen molar-refractivity contribution in [1.82, 2.24) is 0 Å². The van der Waals surface area contributed by atoms with E-state index in [-0.39, 0.29) is 18.6 Å². The van der Waals surface area contributed by atoms with Crippen molar-refractivity contribution in [2.24, 2.45) is 11.1 Å². The van der Waals surface area contributed by atoms with E-state index in [0.29, 0.717) is 5.41 Å². The molecule has 3 N–H and O–H groups in total. The van der Waals surface area contributed by atoms with Crippen LogP contribution in [0.3, 0.4) is 0 Å². The van der Waals surface area contributed by atoms with Gasteiger partial charge in [-0.3, -0.25) is 0 Å². The van der Waals surface area contributed by atoms with Gasteiger partial charge in [-0.1, -0.05) is 46.8 Å². The Kier molecular flexibility index (Phi) is 5.60. The summed E-state index contributed by atoms with van der Waals surface area (Å²) in [6.07, 6.45) is 0.513. The first-order valence-corrected chi connectivity index (χ1v) is 7.25. The maximum atomic E-state index is 9.38. The van der Waals surface area contributed by atoms with Crippen LogP contribution in [0.1, 0.15) is 46.6 Å². The van der Waals surface area contributed by atoms with E-state index in [9.17, 15) is 5.11 Å². The lowest BCUT2D eigenvalue weighted by atomic mass is 9.72. The van der Waals surface area contributed by atoms with Gasteiger partial charge in [0, 0.05) is 6.54 Å². The number of hydrogen-bond acceptors (Lipinski definition) is 3. The predicted molar refractivity (Wildman–Crippen MR) is 84.1 cm³/mol. The monoisotopic (exact) mass is 279 g/mol. The largest absolute Gasteiger partial charge is 0.491 e. The minimum absolute atomic E-state index is 0.132. The van der Waals surface area contributed by atoms with Crippen molar-refractivity contribution >= 4 is 0 Å². The highest BCUT2D eigenvalue weighted by atomic mass is 16.5. The number of hydrogen-bond donors (Lipinski definition) is 2. The lowest BCUT2D eigenvalue weighted by Crippen LogP contribution is -2.26. The van der Waals surface area contributed by atoms with E-state index in [1.165, 1.54) is 5.56 Å². The fourth-order valence-corrected chi connectivity index (χ4v) is 2.69. The molecule has 3 heteroatoms. The van der Waals surface area contributed by atoms with E-state index in [4.69, 9.17) is 10.5 Å². The van der Waals surface area contributed by atoms with Crippen molar-refractivity contribution < 1.29 is 9.84 Å². The van der Waals surface area contributed by atoms with Crippen molar-refractivity contribution in [3.8, 4) is 5.75 Å². The molecule has 0 saturated heterocycles. The predicted octanol–water partition coefficient (Wildman–Crippen LogP) is 3.10. The second kappa shape index (κ2) is 6.59. The van der Waals surface area contributed by atoms with Crippen molar-refractivity contribution in [2.75, 3.05) is 13.2 Å². The maximum absolute atomic E-state index is 9.38. The first-order valence-electron chi connectivity index (χ1n) is 7.25. The Morgan fingerprint density at radius 1 is 1.10 bits per heavy atom. The van der Waals surface area contributed by atoms with Gasteiger partial charge >= 0.3 is 0 Å². The van der Waals surface area contributed by atoms with Gasteiger partial charge in [-0.2, -0.15) is 0 Å². The molecule has 1 rings (SSSR count). The maximum Gasteiger partial charge on any atom is 0.119 e. The summed E-state index contributed by atoms with van der Waals surface area (Å²) in [4.78, 5) is 0. The minimum atomic E-state index is -0.605. The Hall–Kier alpha value is -1.06. The molecule has 1 atom stereocenters. The molecule has 1 unspecified atom stereocenters. The van der Waals surface area contributed by atoms with E-state index >= 15 is 0 Å². The van der Waals surface area contributed by atoms with Gasteiger partial charge in [0.25, 0.3) is 0 Å². The summed E-state index contributed by atoms with van der Waals surface area (Å²) in [5.41, 5.74) is 7.08. The summed E-state index contributed by atoms with van der Waals surface area (Å²) in [7, 11) is 0. The van der Waals surface area contributed by atoms with Gasteiger partial charge in [-0.25, -0.2) is 0 Å². The third kappa shape index (κ3) is 5.51. The van der Waals surface area contributed by atoms with Gasteiger partial charge in [0.1, 0.15) is 18.5 Å². The Morgan fingerprint density at radius 3 is 2.10 bits per heavy atom.